The van der Waals surface area contributed by atoms with Gasteiger partial charge >= 0.3 is 6.03 Å². The van der Waals surface area contributed by atoms with E-state index in [9.17, 15) is 4.79 Å². The van der Waals surface area contributed by atoms with Crippen LogP contribution in [0.3, 0.4) is 0 Å². The molecule has 104 valence electrons. The van der Waals surface area contributed by atoms with E-state index in [0.29, 0.717) is 10.6 Å². The standard InChI is InChI=1S/C13H15N5OS/c1-10-9-18(11-8-14-4-5-15-11)13(20-10)16-12(19)17-6-2-3-7-17/h4-5,8-9H,2-3,6-7H2,1H3. The summed E-state index contributed by atoms with van der Waals surface area (Å²) in [5, 5.41) is 0. The lowest BCUT2D eigenvalue weighted by Crippen LogP contribution is -2.27. The molecule has 0 aliphatic carbocycles. The Bertz CT molecular complexity index is 670. The highest BCUT2D eigenvalue weighted by Crippen LogP contribution is 2.10. The lowest BCUT2D eigenvalue weighted by Gasteiger charge is -2.10. The summed E-state index contributed by atoms with van der Waals surface area (Å²) < 4.78 is 1.81. The molecule has 1 aliphatic heterocycles. The van der Waals surface area contributed by atoms with Gasteiger partial charge in [0.05, 0.1) is 6.20 Å². The zero-order chi connectivity index (χ0) is 13.9. The molecule has 0 unspecified atom stereocenters. The number of thiazole rings is 1. The largest absolute Gasteiger partial charge is 0.346 e. The molecular weight excluding hydrogens is 274 g/mol. The van der Waals surface area contributed by atoms with Gasteiger partial charge in [0.25, 0.3) is 0 Å². The van der Waals surface area contributed by atoms with Gasteiger partial charge in [-0.15, -0.1) is 11.3 Å². The Labute approximate surface area is 120 Å². The molecule has 0 N–H and O–H groups in total. The molecular formula is C13H15N5OS. The molecule has 0 atom stereocenters. The molecule has 20 heavy (non-hydrogen) atoms. The molecule has 1 saturated heterocycles. The molecule has 3 rings (SSSR count). The van der Waals surface area contributed by atoms with Gasteiger partial charge in [0.2, 0.25) is 4.80 Å². The van der Waals surface area contributed by atoms with E-state index in [4.69, 9.17) is 0 Å². The molecule has 2 aromatic rings. The summed E-state index contributed by atoms with van der Waals surface area (Å²) in [6.07, 6.45) is 8.96. The van der Waals surface area contributed by atoms with E-state index in [0.717, 1.165) is 30.8 Å². The van der Waals surface area contributed by atoms with Crippen LogP contribution in [-0.4, -0.2) is 38.6 Å². The van der Waals surface area contributed by atoms with Gasteiger partial charge < -0.3 is 4.90 Å². The third-order valence-electron chi connectivity index (χ3n) is 3.13. The van der Waals surface area contributed by atoms with Crippen molar-refractivity contribution in [3.05, 3.63) is 34.5 Å². The Kier molecular flexibility index (Phi) is 3.60. The number of hydrogen-bond donors (Lipinski definition) is 0. The van der Waals surface area contributed by atoms with Crippen LogP contribution in [0.4, 0.5) is 4.79 Å². The van der Waals surface area contributed by atoms with Crippen LogP contribution in [0.5, 0.6) is 0 Å². The summed E-state index contributed by atoms with van der Waals surface area (Å²) in [6, 6.07) is -0.165. The Hall–Kier alpha value is -2.02. The van der Waals surface area contributed by atoms with Crippen LogP contribution in [-0.2, 0) is 0 Å². The fourth-order valence-electron chi connectivity index (χ4n) is 2.17. The highest BCUT2D eigenvalue weighted by molar-refractivity contribution is 7.09. The Morgan fingerprint density at radius 2 is 2.15 bits per heavy atom. The molecule has 3 heterocycles. The maximum Gasteiger partial charge on any atom is 0.346 e. The summed E-state index contributed by atoms with van der Waals surface area (Å²) in [7, 11) is 0. The lowest BCUT2D eigenvalue weighted by molar-refractivity contribution is 0.218. The van der Waals surface area contributed by atoms with Crippen LogP contribution in [0.2, 0.25) is 0 Å². The number of aromatic nitrogens is 3. The van der Waals surface area contributed by atoms with Crippen LogP contribution in [0, 0.1) is 6.92 Å². The van der Waals surface area contributed by atoms with Crippen LogP contribution < -0.4 is 4.80 Å². The van der Waals surface area contributed by atoms with Gasteiger partial charge in [-0.2, -0.15) is 4.99 Å². The second-order valence-electron chi connectivity index (χ2n) is 4.65. The minimum atomic E-state index is -0.165. The predicted molar refractivity (Wildman–Crippen MR) is 75.7 cm³/mol. The molecule has 0 spiro atoms. The van der Waals surface area contributed by atoms with Crippen molar-refractivity contribution in [2.45, 2.75) is 19.8 Å². The number of carbonyl (C=O) groups excluding carboxylic acids is 1. The molecule has 2 aromatic heterocycles. The molecule has 0 aromatic carbocycles. The summed E-state index contributed by atoms with van der Waals surface area (Å²) in [6.45, 7) is 3.59. The van der Waals surface area contributed by atoms with Crippen molar-refractivity contribution < 1.29 is 4.79 Å². The SMILES string of the molecule is Cc1cn(-c2cnccn2)c(=NC(=O)N2CCCC2)s1. The normalized spacial score (nSPS) is 15.8. The van der Waals surface area contributed by atoms with E-state index in [1.54, 1.807) is 28.1 Å². The third kappa shape index (κ3) is 2.62. The van der Waals surface area contributed by atoms with E-state index in [1.807, 2.05) is 13.1 Å². The second-order valence-corrected chi connectivity index (χ2v) is 5.86. The average molecular weight is 289 g/mol. The van der Waals surface area contributed by atoms with Gasteiger partial charge in [0, 0.05) is 36.6 Å². The zero-order valence-corrected chi connectivity index (χ0v) is 12.0. The van der Waals surface area contributed by atoms with Gasteiger partial charge in [-0.1, -0.05) is 0 Å². The molecule has 2 amide bonds. The molecule has 0 bridgehead atoms. The number of rotatable bonds is 1. The first-order valence-corrected chi connectivity index (χ1v) is 7.35. The molecule has 0 radical (unpaired) electrons. The summed E-state index contributed by atoms with van der Waals surface area (Å²) >= 11 is 1.48. The van der Waals surface area contributed by atoms with Gasteiger partial charge in [0.15, 0.2) is 5.82 Å². The molecule has 1 fully saturated rings. The van der Waals surface area contributed by atoms with E-state index in [-0.39, 0.29) is 6.03 Å². The van der Waals surface area contributed by atoms with Crippen molar-refractivity contribution in [3.63, 3.8) is 0 Å². The smallest absolute Gasteiger partial charge is 0.323 e. The monoisotopic (exact) mass is 289 g/mol. The lowest BCUT2D eigenvalue weighted by atomic mass is 10.4. The van der Waals surface area contributed by atoms with Crippen molar-refractivity contribution >= 4 is 17.4 Å². The predicted octanol–water partition coefficient (Wildman–Crippen LogP) is 1.75. The minimum Gasteiger partial charge on any atom is -0.323 e. The Morgan fingerprint density at radius 3 is 2.85 bits per heavy atom. The van der Waals surface area contributed by atoms with Crippen molar-refractivity contribution in [1.82, 2.24) is 19.4 Å². The van der Waals surface area contributed by atoms with Crippen molar-refractivity contribution in [1.29, 1.82) is 0 Å². The number of amides is 2. The third-order valence-corrected chi connectivity index (χ3v) is 4.03. The fraction of sp³-hybridized carbons (Fsp3) is 0.385. The first kappa shape index (κ1) is 13.0. The maximum atomic E-state index is 12.1. The van der Waals surface area contributed by atoms with Gasteiger partial charge in [-0.05, 0) is 19.8 Å². The number of urea groups is 1. The van der Waals surface area contributed by atoms with Crippen molar-refractivity contribution in [3.8, 4) is 5.82 Å². The number of nitrogens with zero attached hydrogens (tertiary/aromatic N) is 5. The van der Waals surface area contributed by atoms with Gasteiger partial charge in [-0.25, -0.2) is 9.78 Å². The van der Waals surface area contributed by atoms with Crippen molar-refractivity contribution in [2.24, 2.45) is 4.99 Å². The highest BCUT2D eigenvalue weighted by Gasteiger charge is 2.17. The van der Waals surface area contributed by atoms with Crippen LogP contribution in [0.25, 0.3) is 5.82 Å². The molecule has 6 nitrogen and oxygen atoms in total. The molecule has 7 heteroatoms. The van der Waals surface area contributed by atoms with E-state index >= 15 is 0 Å². The quantitative estimate of drug-likeness (QED) is 0.803. The maximum absolute atomic E-state index is 12.1. The highest BCUT2D eigenvalue weighted by atomic mass is 32.1. The van der Waals surface area contributed by atoms with Crippen LogP contribution >= 0.6 is 11.3 Å². The topological polar surface area (TPSA) is 63.4 Å². The summed E-state index contributed by atoms with van der Waals surface area (Å²) in [4.78, 5) is 28.2. The number of aryl methyl sites for hydroxylation is 1. The first-order valence-electron chi connectivity index (χ1n) is 6.53. The zero-order valence-electron chi connectivity index (χ0n) is 11.2. The summed E-state index contributed by atoms with van der Waals surface area (Å²) in [5.41, 5.74) is 0. The van der Waals surface area contributed by atoms with E-state index in [2.05, 4.69) is 15.0 Å². The minimum absolute atomic E-state index is 0.165. The van der Waals surface area contributed by atoms with Crippen molar-refractivity contribution in [2.75, 3.05) is 13.1 Å². The van der Waals surface area contributed by atoms with Crippen LogP contribution in [0.1, 0.15) is 17.7 Å². The molecule has 0 saturated carbocycles. The van der Waals surface area contributed by atoms with Gasteiger partial charge in [-0.3, -0.25) is 9.55 Å². The van der Waals surface area contributed by atoms with Crippen LogP contribution in [0.15, 0.2) is 29.8 Å². The van der Waals surface area contributed by atoms with Gasteiger partial charge in [0.1, 0.15) is 0 Å². The van der Waals surface area contributed by atoms with E-state index in [1.165, 1.54) is 11.3 Å². The number of carbonyl (C=O) groups is 1. The first-order chi connectivity index (χ1) is 9.74. The average Bonchev–Trinajstić information content (AvgIpc) is 3.09. The number of likely N-dealkylation sites (tertiary alicyclic amines) is 1. The molecule has 1 aliphatic rings. The fourth-order valence-corrected chi connectivity index (χ4v) is 2.99. The Morgan fingerprint density at radius 1 is 1.35 bits per heavy atom. The number of hydrogen-bond acceptors (Lipinski definition) is 4. The Balaban J connectivity index is 1.99. The van der Waals surface area contributed by atoms with E-state index < -0.39 is 0 Å². The second kappa shape index (κ2) is 5.54. The summed E-state index contributed by atoms with van der Waals surface area (Å²) in [5.74, 6) is 0.671.